The highest BCUT2D eigenvalue weighted by Crippen LogP contribution is 2.23. The van der Waals surface area contributed by atoms with Crippen LogP contribution < -0.4 is 5.32 Å². The zero-order chi connectivity index (χ0) is 13.7. The van der Waals surface area contributed by atoms with E-state index in [1.165, 1.54) is 11.3 Å². The first-order chi connectivity index (χ1) is 9.19. The predicted octanol–water partition coefficient (Wildman–Crippen LogP) is 3.23. The number of rotatable bonds is 4. The van der Waals surface area contributed by atoms with Crippen molar-refractivity contribution in [2.45, 2.75) is 6.42 Å². The lowest BCUT2D eigenvalue weighted by atomic mass is 10.00. The van der Waals surface area contributed by atoms with Gasteiger partial charge in [0.1, 0.15) is 5.92 Å². The number of hydrogen-bond acceptors (Lipinski definition) is 4. The zero-order valence-corrected chi connectivity index (χ0v) is 12.2. The van der Waals surface area contributed by atoms with Crippen LogP contribution in [0.4, 0.5) is 5.13 Å². The van der Waals surface area contributed by atoms with Crippen molar-refractivity contribution in [3.05, 3.63) is 45.9 Å². The van der Waals surface area contributed by atoms with Crippen molar-refractivity contribution in [3.8, 4) is 6.07 Å². The molecule has 96 valence electrons. The number of nitriles is 1. The number of amides is 1. The van der Waals surface area contributed by atoms with E-state index in [2.05, 4.69) is 26.2 Å². The number of thiazole rings is 1. The molecule has 0 fully saturated rings. The summed E-state index contributed by atoms with van der Waals surface area (Å²) in [4.78, 5) is 16.0. The van der Waals surface area contributed by atoms with E-state index in [1.807, 2.05) is 36.4 Å². The molecular weight excluding hydrogens is 326 g/mol. The molecule has 2 rings (SSSR count). The van der Waals surface area contributed by atoms with Gasteiger partial charge in [-0.2, -0.15) is 5.26 Å². The average molecular weight is 336 g/mol. The Morgan fingerprint density at radius 2 is 2.21 bits per heavy atom. The molecule has 1 aromatic carbocycles. The second kappa shape index (κ2) is 6.45. The van der Waals surface area contributed by atoms with Crippen molar-refractivity contribution in [2.75, 3.05) is 5.32 Å². The number of carbonyl (C=O) groups excluding carboxylic acids is 1. The Morgan fingerprint density at radius 3 is 2.79 bits per heavy atom. The largest absolute Gasteiger partial charge is 0.301 e. The summed E-state index contributed by atoms with van der Waals surface area (Å²) in [5.41, 5.74) is 0.963. The summed E-state index contributed by atoms with van der Waals surface area (Å²) in [6.45, 7) is 0. The van der Waals surface area contributed by atoms with Gasteiger partial charge in [-0.25, -0.2) is 4.98 Å². The molecule has 1 N–H and O–H groups in total. The van der Waals surface area contributed by atoms with E-state index in [-0.39, 0.29) is 5.91 Å². The number of hydrogen-bond donors (Lipinski definition) is 1. The summed E-state index contributed by atoms with van der Waals surface area (Å²) in [6.07, 6.45) is 2.01. The third kappa shape index (κ3) is 3.88. The van der Waals surface area contributed by atoms with E-state index in [4.69, 9.17) is 5.26 Å². The molecule has 1 amide bonds. The highest BCUT2D eigenvalue weighted by molar-refractivity contribution is 9.11. The maximum atomic E-state index is 12.0. The van der Waals surface area contributed by atoms with Crippen LogP contribution in [-0.4, -0.2) is 10.9 Å². The first-order valence-electron chi connectivity index (χ1n) is 5.55. The van der Waals surface area contributed by atoms with Gasteiger partial charge in [0, 0.05) is 0 Å². The van der Waals surface area contributed by atoms with Gasteiger partial charge in [-0.3, -0.25) is 4.79 Å². The SMILES string of the molecule is N#CC(Cc1ccccc1)C(=O)Nc1ncc(Br)s1. The van der Waals surface area contributed by atoms with Crippen molar-refractivity contribution >= 4 is 38.3 Å². The molecule has 0 aliphatic heterocycles. The molecule has 2 aromatic rings. The van der Waals surface area contributed by atoms with Crippen LogP contribution in [0.15, 0.2) is 40.3 Å². The van der Waals surface area contributed by atoms with E-state index in [9.17, 15) is 4.79 Å². The molecule has 1 unspecified atom stereocenters. The second-order valence-corrected chi connectivity index (χ2v) is 6.24. The number of carbonyl (C=O) groups is 1. The molecule has 0 radical (unpaired) electrons. The zero-order valence-electron chi connectivity index (χ0n) is 9.84. The standard InChI is InChI=1S/C13H10BrN3OS/c14-11-8-16-13(19-11)17-12(18)10(7-15)6-9-4-2-1-3-5-9/h1-5,8,10H,6H2,(H,16,17,18). The summed E-state index contributed by atoms with van der Waals surface area (Å²) in [5, 5.41) is 12.2. The normalized spacial score (nSPS) is 11.6. The minimum absolute atomic E-state index is 0.326. The molecule has 19 heavy (non-hydrogen) atoms. The first-order valence-corrected chi connectivity index (χ1v) is 7.15. The third-order valence-electron chi connectivity index (χ3n) is 2.46. The van der Waals surface area contributed by atoms with Crippen molar-refractivity contribution < 1.29 is 4.79 Å². The molecular formula is C13H10BrN3OS. The van der Waals surface area contributed by atoms with Gasteiger partial charge in [0.2, 0.25) is 5.91 Å². The summed E-state index contributed by atoms with van der Waals surface area (Å²) in [5.74, 6) is -1.04. The molecule has 0 spiro atoms. The fourth-order valence-electron chi connectivity index (χ4n) is 1.55. The Labute approximate surface area is 123 Å². The quantitative estimate of drug-likeness (QED) is 0.932. The summed E-state index contributed by atoms with van der Waals surface area (Å²) in [6, 6.07) is 11.5. The highest BCUT2D eigenvalue weighted by Gasteiger charge is 2.19. The summed E-state index contributed by atoms with van der Waals surface area (Å²) in [7, 11) is 0. The maximum absolute atomic E-state index is 12.0. The molecule has 1 aromatic heterocycles. The lowest BCUT2D eigenvalue weighted by Crippen LogP contribution is -2.23. The fraction of sp³-hybridized carbons (Fsp3) is 0.154. The molecule has 0 saturated heterocycles. The number of nitrogens with one attached hydrogen (secondary N) is 1. The second-order valence-electron chi connectivity index (χ2n) is 3.83. The lowest BCUT2D eigenvalue weighted by Gasteiger charge is -2.08. The van der Waals surface area contributed by atoms with Crippen molar-refractivity contribution in [1.82, 2.24) is 4.98 Å². The van der Waals surface area contributed by atoms with Gasteiger partial charge >= 0.3 is 0 Å². The van der Waals surface area contributed by atoms with Crippen LogP contribution in [0.2, 0.25) is 0 Å². The average Bonchev–Trinajstić information content (AvgIpc) is 2.82. The molecule has 1 heterocycles. The van der Waals surface area contributed by atoms with E-state index in [1.54, 1.807) is 6.20 Å². The number of anilines is 1. The number of benzene rings is 1. The van der Waals surface area contributed by atoms with Crippen LogP contribution in [0.3, 0.4) is 0 Å². The number of halogens is 1. The Hall–Kier alpha value is -1.71. The predicted molar refractivity (Wildman–Crippen MR) is 77.7 cm³/mol. The van der Waals surface area contributed by atoms with Crippen molar-refractivity contribution in [1.29, 1.82) is 5.26 Å². The smallest absolute Gasteiger partial charge is 0.243 e. The highest BCUT2D eigenvalue weighted by atomic mass is 79.9. The molecule has 0 aliphatic carbocycles. The number of aromatic nitrogens is 1. The Balaban J connectivity index is 2.02. The van der Waals surface area contributed by atoms with Gasteiger partial charge in [0.05, 0.1) is 16.1 Å². The molecule has 4 nitrogen and oxygen atoms in total. The minimum Gasteiger partial charge on any atom is -0.301 e. The van der Waals surface area contributed by atoms with Gasteiger partial charge in [-0.05, 0) is 27.9 Å². The Bertz CT molecular complexity index is 606. The molecule has 6 heteroatoms. The first kappa shape index (κ1) is 13.7. The van der Waals surface area contributed by atoms with Crippen molar-refractivity contribution in [2.24, 2.45) is 5.92 Å². The topological polar surface area (TPSA) is 65.8 Å². The number of nitrogens with zero attached hydrogens (tertiary/aromatic N) is 2. The van der Waals surface area contributed by atoms with E-state index in [0.29, 0.717) is 11.6 Å². The fourth-order valence-corrected chi connectivity index (χ4v) is 2.66. The van der Waals surface area contributed by atoms with Crippen LogP contribution in [0, 0.1) is 17.2 Å². The Morgan fingerprint density at radius 1 is 1.47 bits per heavy atom. The van der Waals surface area contributed by atoms with Gasteiger partial charge in [0.25, 0.3) is 0 Å². The third-order valence-corrected chi connectivity index (χ3v) is 3.85. The van der Waals surface area contributed by atoms with Crippen LogP contribution in [0.1, 0.15) is 5.56 Å². The molecule has 1 atom stereocenters. The van der Waals surface area contributed by atoms with E-state index >= 15 is 0 Å². The minimum atomic E-state index is -0.718. The van der Waals surface area contributed by atoms with Crippen LogP contribution in [0.25, 0.3) is 0 Å². The molecule has 0 bridgehead atoms. The summed E-state index contributed by atoms with van der Waals surface area (Å²) < 4.78 is 0.833. The van der Waals surface area contributed by atoms with Gasteiger partial charge in [-0.1, -0.05) is 41.7 Å². The van der Waals surface area contributed by atoms with Crippen LogP contribution in [0.5, 0.6) is 0 Å². The molecule has 0 saturated carbocycles. The lowest BCUT2D eigenvalue weighted by molar-refractivity contribution is -0.118. The Kier molecular flexibility index (Phi) is 4.66. The van der Waals surface area contributed by atoms with Gasteiger partial charge in [-0.15, -0.1) is 0 Å². The van der Waals surface area contributed by atoms with Crippen LogP contribution >= 0.6 is 27.3 Å². The van der Waals surface area contributed by atoms with E-state index < -0.39 is 5.92 Å². The maximum Gasteiger partial charge on any atom is 0.243 e. The van der Waals surface area contributed by atoms with Crippen molar-refractivity contribution in [3.63, 3.8) is 0 Å². The van der Waals surface area contributed by atoms with E-state index in [0.717, 1.165) is 9.35 Å². The molecule has 0 aliphatic rings. The monoisotopic (exact) mass is 335 g/mol. The summed E-state index contributed by atoms with van der Waals surface area (Å²) >= 11 is 4.58. The van der Waals surface area contributed by atoms with Gasteiger partial charge < -0.3 is 5.32 Å². The van der Waals surface area contributed by atoms with Gasteiger partial charge in [0.15, 0.2) is 5.13 Å². The van der Waals surface area contributed by atoms with Crippen LogP contribution in [-0.2, 0) is 11.2 Å².